The summed E-state index contributed by atoms with van der Waals surface area (Å²) < 4.78 is 10.8. The fraction of sp³-hybridized carbons (Fsp3) is 0.435. The highest BCUT2D eigenvalue weighted by Crippen LogP contribution is 2.33. The van der Waals surface area contributed by atoms with E-state index in [1.54, 1.807) is 12.3 Å². The average Bonchev–Trinajstić information content (AvgIpc) is 3.47. The minimum Gasteiger partial charge on any atom is -0.467 e. The van der Waals surface area contributed by atoms with Gasteiger partial charge in [0.15, 0.2) is 6.61 Å². The topological polar surface area (TPSA) is 72.1 Å². The van der Waals surface area contributed by atoms with Crippen LogP contribution in [-0.4, -0.2) is 29.2 Å². The number of hydrogen-bond donors (Lipinski definition) is 0. The van der Waals surface area contributed by atoms with E-state index in [2.05, 4.69) is 5.10 Å². The van der Waals surface area contributed by atoms with Crippen LogP contribution in [0.15, 0.2) is 52.2 Å². The van der Waals surface area contributed by atoms with Crippen molar-refractivity contribution in [3.05, 3.63) is 59.5 Å². The first-order valence-corrected chi connectivity index (χ1v) is 10.3. The molecule has 1 amide bonds. The van der Waals surface area contributed by atoms with Crippen LogP contribution < -0.4 is 0 Å². The lowest BCUT2D eigenvalue weighted by molar-refractivity contribution is -0.153. The molecular formula is C23H26N2O4. The molecule has 0 unspecified atom stereocenters. The SMILES string of the molecule is Cc1ccc(C2=NN(C(=O)COC(=O)CC3CCCC3)[C@@H](c3ccco3)C2)cc1. The van der Waals surface area contributed by atoms with Gasteiger partial charge in [0.2, 0.25) is 0 Å². The third kappa shape index (κ3) is 4.58. The zero-order chi connectivity index (χ0) is 20.2. The molecule has 0 radical (unpaired) electrons. The molecule has 1 saturated carbocycles. The van der Waals surface area contributed by atoms with E-state index in [4.69, 9.17) is 9.15 Å². The van der Waals surface area contributed by atoms with E-state index in [9.17, 15) is 9.59 Å². The Morgan fingerprint density at radius 3 is 2.62 bits per heavy atom. The van der Waals surface area contributed by atoms with Gasteiger partial charge in [-0.15, -0.1) is 0 Å². The van der Waals surface area contributed by atoms with Crippen molar-refractivity contribution < 1.29 is 18.7 Å². The van der Waals surface area contributed by atoms with Crippen molar-refractivity contribution in [3.63, 3.8) is 0 Å². The zero-order valence-corrected chi connectivity index (χ0v) is 16.7. The van der Waals surface area contributed by atoms with Gasteiger partial charge in [0.25, 0.3) is 5.91 Å². The highest BCUT2D eigenvalue weighted by molar-refractivity contribution is 6.03. The number of amides is 1. The van der Waals surface area contributed by atoms with Crippen molar-refractivity contribution in [2.24, 2.45) is 11.0 Å². The summed E-state index contributed by atoms with van der Waals surface area (Å²) in [5.74, 6) is 0.419. The van der Waals surface area contributed by atoms with Gasteiger partial charge in [-0.3, -0.25) is 9.59 Å². The Kier molecular flexibility index (Phi) is 5.79. The fourth-order valence-corrected chi connectivity index (χ4v) is 4.08. The number of benzene rings is 1. The van der Waals surface area contributed by atoms with Crippen LogP contribution >= 0.6 is 0 Å². The number of furan rings is 1. The molecule has 29 heavy (non-hydrogen) atoms. The Labute approximate surface area is 170 Å². The largest absolute Gasteiger partial charge is 0.467 e. The number of carbonyl (C=O) groups excluding carboxylic acids is 2. The first-order chi connectivity index (χ1) is 14.1. The molecule has 2 aliphatic rings. The first-order valence-electron chi connectivity index (χ1n) is 10.3. The lowest BCUT2D eigenvalue weighted by Gasteiger charge is -2.19. The van der Waals surface area contributed by atoms with Crippen LogP contribution in [0.4, 0.5) is 0 Å². The molecule has 0 saturated heterocycles. The highest BCUT2D eigenvalue weighted by atomic mass is 16.5. The number of aryl methyl sites for hydroxylation is 1. The molecule has 2 heterocycles. The summed E-state index contributed by atoms with van der Waals surface area (Å²) in [7, 11) is 0. The van der Waals surface area contributed by atoms with Gasteiger partial charge >= 0.3 is 5.97 Å². The number of carbonyl (C=O) groups is 2. The lowest BCUT2D eigenvalue weighted by atomic mass is 10.0. The molecule has 1 aromatic heterocycles. The van der Waals surface area contributed by atoms with Crippen molar-refractivity contribution in [2.75, 3.05) is 6.61 Å². The molecule has 1 aromatic carbocycles. The van der Waals surface area contributed by atoms with Crippen LogP contribution in [0.5, 0.6) is 0 Å². The van der Waals surface area contributed by atoms with Gasteiger partial charge in [0.1, 0.15) is 11.8 Å². The molecule has 6 heteroatoms. The molecule has 0 N–H and O–H groups in total. The van der Waals surface area contributed by atoms with Gasteiger partial charge in [0.05, 0.1) is 12.0 Å². The Morgan fingerprint density at radius 2 is 1.93 bits per heavy atom. The van der Waals surface area contributed by atoms with Crippen LogP contribution in [0.3, 0.4) is 0 Å². The zero-order valence-electron chi connectivity index (χ0n) is 16.7. The average molecular weight is 394 g/mol. The van der Waals surface area contributed by atoms with Crippen LogP contribution in [0.25, 0.3) is 0 Å². The maximum Gasteiger partial charge on any atom is 0.306 e. The maximum atomic E-state index is 12.8. The van der Waals surface area contributed by atoms with Crippen molar-refractivity contribution >= 4 is 17.6 Å². The van der Waals surface area contributed by atoms with Crippen molar-refractivity contribution in [1.29, 1.82) is 0 Å². The van der Waals surface area contributed by atoms with Gasteiger partial charge in [-0.1, -0.05) is 42.7 Å². The Morgan fingerprint density at radius 1 is 1.17 bits per heavy atom. The van der Waals surface area contributed by atoms with Gasteiger partial charge < -0.3 is 9.15 Å². The third-order valence-corrected chi connectivity index (χ3v) is 5.71. The summed E-state index contributed by atoms with van der Waals surface area (Å²) in [6.45, 7) is 1.73. The normalized spacial score (nSPS) is 19.4. The van der Waals surface area contributed by atoms with Crippen molar-refractivity contribution in [2.45, 2.75) is 51.5 Å². The highest BCUT2D eigenvalue weighted by Gasteiger charge is 2.35. The van der Waals surface area contributed by atoms with Crippen LogP contribution in [-0.2, 0) is 14.3 Å². The summed E-state index contributed by atoms with van der Waals surface area (Å²) in [6, 6.07) is 11.4. The molecule has 1 aliphatic carbocycles. The van der Waals surface area contributed by atoms with Gasteiger partial charge in [-0.2, -0.15) is 5.10 Å². The number of rotatable bonds is 6. The molecule has 4 rings (SSSR count). The van der Waals surface area contributed by atoms with E-state index >= 15 is 0 Å². The second-order valence-electron chi connectivity index (χ2n) is 7.90. The number of nitrogens with zero attached hydrogens (tertiary/aromatic N) is 2. The van der Waals surface area contributed by atoms with Gasteiger partial charge in [-0.05, 0) is 43.4 Å². The number of hydrazone groups is 1. The Hall–Kier alpha value is -2.89. The minimum absolute atomic E-state index is 0.298. The maximum absolute atomic E-state index is 12.8. The van der Waals surface area contributed by atoms with Crippen LogP contribution in [0, 0.1) is 12.8 Å². The molecule has 2 aromatic rings. The number of hydrogen-bond acceptors (Lipinski definition) is 5. The Bertz CT molecular complexity index is 880. The molecule has 6 nitrogen and oxygen atoms in total. The lowest BCUT2D eigenvalue weighted by Crippen LogP contribution is -2.31. The van der Waals surface area contributed by atoms with Crippen molar-refractivity contribution in [3.8, 4) is 0 Å². The van der Waals surface area contributed by atoms with Crippen LogP contribution in [0.2, 0.25) is 0 Å². The van der Waals surface area contributed by atoms with E-state index in [0.717, 1.165) is 29.7 Å². The molecule has 1 aliphatic heterocycles. The molecule has 1 fully saturated rings. The van der Waals surface area contributed by atoms with E-state index in [1.807, 2.05) is 37.3 Å². The summed E-state index contributed by atoms with van der Waals surface area (Å²) in [5.41, 5.74) is 2.95. The monoisotopic (exact) mass is 394 g/mol. The fourth-order valence-electron chi connectivity index (χ4n) is 4.08. The van der Waals surface area contributed by atoms with E-state index in [0.29, 0.717) is 24.5 Å². The number of ether oxygens (including phenoxy) is 1. The summed E-state index contributed by atoms with van der Waals surface area (Å²) in [5, 5.41) is 5.96. The van der Waals surface area contributed by atoms with Gasteiger partial charge in [0, 0.05) is 12.8 Å². The van der Waals surface area contributed by atoms with Crippen molar-refractivity contribution in [1.82, 2.24) is 5.01 Å². The third-order valence-electron chi connectivity index (χ3n) is 5.71. The predicted molar refractivity (Wildman–Crippen MR) is 108 cm³/mol. The minimum atomic E-state index is -0.340. The molecular weight excluding hydrogens is 368 g/mol. The Balaban J connectivity index is 1.44. The van der Waals surface area contributed by atoms with E-state index in [-0.39, 0.29) is 24.5 Å². The predicted octanol–water partition coefficient (Wildman–Crippen LogP) is 4.39. The summed E-state index contributed by atoms with van der Waals surface area (Å²) in [6.07, 6.45) is 7.02. The molecule has 152 valence electrons. The smallest absolute Gasteiger partial charge is 0.306 e. The second kappa shape index (κ2) is 8.64. The summed E-state index contributed by atoms with van der Waals surface area (Å²) >= 11 is 0. The summed E-state index contributed by atoms with van der Waals surface area (Å²) in [4.78, 5) is 24.9. The van der Waals surface area contributed by atoms with E-state index < -0.39 is 0 Å². The van der Waals surface area contributed by atoms with Gasteiger partial charge in [-0.25, -0.2) is 5.01 Å². The number of esters is 1. The second-order valence-corrected chi connectivity index (χ2v) is 7.90. The van der Waals surface area contributed by atoms with E-state index in [1.165, 1.54) is 17.9 Å². The standard InChI is InChI=1S/C23H26N2O4/c1-16-8-10-18(11-9-16)19-14-20(21-7-4-12-28-21)25(24-19)22(26)15-29-23(27)13-17-5-2-3-6-17/h4,7-12,17,20H,2-3,5-6,13-15H2,1H3/t20-/m1/s1. The molecule has 0 bridgehead atoms. The first kappa shape index (κ1) is 19.4. The molecule has 1 atom stereocenters. The molecule has 0 spiro atoms. The van der Waals surface area contributed by atoms with Crippen LogP contribution in [0.1, 0.15) is 61.5 Å². The quantitative estimate of drug-likeness (QED) is 0.681.